The van der Waals surface area contributed by atoms with Crippen LogP contribution in [0.5, 0.6) is 0 Å². The molecule has 2 heterocycles. The molecule has 3 rings (SSSR count). The molecule has 0 amide bonds. The van der Waals surface area contributed by atoms with E-state index in [1.54, 1.807) is 0 Å². The second kappa shape index (κ2) is 7.75. The van der Waals surface area contributed by atoms with Crippen LogP contribution in [-0.4, -0.2) is 23.2 Å². The van der Waals surface area contributed by atoms with Crippen LogP contribution >= 0.6 is 0 Å². The van der Waals surface area contributed by atoms with Crippen LogP contribution in [0.2, 0.25) is 0 Å². The number of hydrogen-bond acceptors (Lipinski definition) is 6. The Bertz CT molecular complexity index is 1060. The number of halogens is 3. The number of ether oxygens (including phenoxy) is 1. The number of Topliss-reactive ketones (excluding diaryl/α,β-unsaturated/α-hetero) is 1. The van der Waals surface area contributed by atoms with Gasteiger partial charge in [0.1, 0.15) is 23.1 Å². The van der Waals surface area contributed by atoms with Gasteiger partial charge in [0.25, 0.3) is 12.4 Å². The highest BCUT2D eigenvalue weighted by Gasteiger charge is 2.34. The van der Waals surface area contributed by atoms with Crippen LogP contribution in [0.4, 0.5) is 13.2 Å². The van der Waals surface area contributed by atoms with E-state index in [0.29, 0.717) is 11.1 Å². The number of alkyl halides is 2. The Labute approximate surface area is 164 Å². The lowest BCUT2D eigenvalue weighted by molar-refractivity contribution is 0.0988. The molecule has 1 aromatic heterocycles. The molecular weight excluding hydrogens is 385 g/mol. The van der Waals surface area contributed by atoms with Crippen molar-refractivity contribution in [1.29, 1.82) is 5.26 Å². The zero-order valence-electron chi connectivity index (χ0n) is 15.2. The summed E-state index contributed by atoms with van der Waals surface area (Å²) in [6.07, 6.45) is -0.775. The van der Waals surface area contributed by atoms with Crippen LogP contribution in [0.15, 0.2) is 53.4 Å². The molecule has 148 valence electrons. The lowest BCUT2D eigenvalue weighted by atomic mass is 9.88. The maximum Gasteiger partial charge on any atom is 0.295 e. The number of nitriles is 1. The van der Waals surface area contributed by atoms with E-state index in [9.17, 15) is 18.0 Å². The van der Waals surface area contributed by atoms with Crippen molar-refractivity contribution < 1.29 is 22.7 Å². The smallest absolute Gasteiger partial charge is 0.295 e. The summed E-state index contributed by atoms with van der Waals surface area (Å²) in [4.78, 5) is 20.3. The number of nitrogens with two attached hydrogens (primary N) is 1. The molecular formula is C20H15F3N4O2. The number of hydrogen-bond donors (Lipinski definition) is 1. The van der Waals surface area contributed by atoms with E-state index in [2.05, 4.69) is 9.98 Å². The Kier molecular flexibility index (Phi) is 5.37. The van der Waals surface area contributed by atoms with Crippen LogP contribution < -0.4 is 5.73 Å². The second-order valence-electron chi connectivity index (χ2n) is 6.51. The zero-order valence-corrected chi connectivity index (χ0v) is 15.2. The summed E-state index contributed by atoms with van der Waals surface area (Å²) in [7, 11) is 0. The molecule has 0 aliphatic carbocycles. The lowest BCUT2D eigenvalue weighted by Gasteiger charge is -2.28. The Morgan fingerprint density at radius 1 is 1.34 bits per heavy atom. The summed E-state index contributed by atoms with van der Waals surface area (Å²) in [5, 5.41) is 8.79. The summed E-state index contributed by atoms with van der Waals surface area (Å²) < 4.78 is 45.4. The van der Waals surface area contributed by atoms with Gasteiger partial charge in [-0.1, -0.05) is 6.07 Å². The standard InChI is InChI=1S/C20H15F3N4O2/c1-20(8-17(18(22)23)29-19(25)27-20)13-6-11(2-4-14(13)21)7-16(28)15-5-3-12(9-24)10-26-15/h2-6,8,10,18H,7H2,1H3,(H2,25,27)/t20-/m0/s1. The summed E-state index contributed by atoms with van der Waals surface area (Å²) in [6, 6.07) is 8.20. The molecule has 1 atom stereocenters. The molecule has 0 radical (unpaired) electrons. The maximum absolute atomic E-state index is 14.5. The van der Waals surface area contributed by atoms with E-state index in [-0.39, 0.29) is 23.5 Å². The van der Waals surface area contributed by atoms with E-state index in [0.717, 1.165) is 12.1 Å². The van der Waals surface area contributed by atoms with Crippen molar-refractivity contribution in [3.05, 3.63) is 76.6 Å². The predicted octanol–water partition coefficient (Wildman–Crippen LogP) is 3.23. The first-order chi connectivity index (χ1) is 13.7. The highest BCUT2D eigenvalue weighted by atomic mass is 19.3. The molecule has 0 bridgehead atoms. The third kappa shape index (κ3) is 4.27. The molecule has 0 spiro atoms. The summed E-state index contributed by atoms with van der Waals surface area (Å²) in [6.45, 7) is 1.41. The number of rotatable bonds is 5. The van der Waals surface area contributed by atoms with Crippen LogP contribution in [0.1, 0.15) is 34.1 Å². The van der Waals surface area contributed by atoms with Crippen LogP contribution in [0.25, 0.3) is 0 Å². The number of aliphatic imine (C=N–C) groups is 1. The van der Waals surface area contributed by atoms with Gasteiger partial charge >= 0.3 is 0 Å². The van der Waals surface area contributed by atoms with Gasteiger partial charge in [0.05, 0.1) is 5.56 Å². The van der Waals surface area contributed by atoms with Crippen molar-refractivity contribution in [3.8, 4) is 6.07 Å². The van der Waals surface area contributed by atoms with Crippen LogP contribution in [-0.2, 0) is 16.7 Å². The first-order valence-corrected chi connectivity index (χ1v) is 8.44. The monoisotopic (exact) mass is 400 g/mol. The highest BCUT2D eigenvalue weighted by Crippen LogP contribution is 2.35. The zero-order chi connectivity index (χ0) is 21.2. The van der Waals surface area contributed by atoms with E-state index in [4.69, 9.17) is 15.7 Å². The normalized spacial score (nSPS) is 18.5. The van der Waals surface area contributed by atoms with Gasteiger partial charge in [-0.15, -0.1) is 0 Å². The Hall–Kier alpha value is -3.67. The van der Waals surface area contributed by atoms with Crippen LogP contribution in [0, 0.1) is 17.1 Å². The van der Waals surface area contributed by atoms with Gasteiger partial charge in [0, 0.05) is 18.2 Å². The van der Waals surface area contributed by atoms with E-state index in [1.165, 1.54) is 37.4 Å². The fourth-order valence-corrected chi connectivity index (χ4v) is 2.93. The highest BCUT2D eigenvalue weighted by molar-refractivity contribution is 5.95. The molecule has 1 aromatic carbocycles. The molecule has 2 N–H and O–H groups in total. The number of allylic oxidation sites excluding steroid dienone is 1. The molecule has 0 fully saturated rings. The molecule has 9 heteroatoms. The quantitative estimate of drug-likeness (QED) is 0.777. The molecule has 6 nitrogen and oxygen atoms in total. The number of ketones is 1. The van der Waals surface area contributed by atoms with Crippen molar-refractivity contribution in [3.63, 3.8) is 0 Å². The Balaban J connectivity index is 1.92. The molecule has 1 aliphatic rings. The van der Waals surface area contributed by atoms with Crippen molar-refractivity contribution in [2.75, 3.05) is 0 Å². The summed E-state index contributed by atoms with van der Waals surface area (Å²) in [5.41, 5.74) is 4.84. The minimum atomic E-state index is -2.95. The first kappa shape index (κ1) is 20.1. The fraction of sp³-hybridized carbons (Fsp3) is 0.200. The number of aromatic nitrogens is 1. The van der Waals surface area contributed by atoms with Gasteiger partial charge in [-0.25, -0.2) is 18.2 Å². The van der Waals surface area contributed by atoms with Gasteiger partial charge in [-0.05, 0) is 42.8 Å². The van der Waals surface area contributed by atoms with Gasteiger partial charge in [0.15, 0.2) is 11.5 Å². The number of pyridine rings is 1. The Morgan fingerprint density at radius 3 is 2.72 bits per heavy atom. The maximum atomic E-state index is 14.5. The summed E-state index contributed by atoms with van der Waals surface area (Å²) >= 11 is 0. The number of benzene rings is 1. The minimum Gasteiger partial charge on any atom is -0.425 e. The molecule has 29 heavy (non-hydrogen) atoms. The molecule has 0 unspecified atom stereocenters. The number of carbonyl (C=O) groups excluding carboxylic acids is 1. The number of carbonyl (C=O) groups is 1. The average Bonchev–Trinajstić information content (AvgIpc) is 2.68. The van der Waals surface area contributed by atoms with Crippen molar-refractivity contribution >= 4 is 11.8 Å². The summed E-state index contributed by atoms with van der Waals surface area (Å²) in [5.74, 6) is -1.76. The van der Waals surface area contributed by atoms with Crippen LogP contribution in [0.3, 0.4) is 0 Å². The van der Waals surface area contributed by atoms with Crippen molar-refractivity contribution in [1.82, 2.24) is 4.98 Å². The third-order valence-corrected chi connectivity index (χ3v) is 4.32. The van der Waals surface area contributed by atoms with Gasteiger partial charge < -0.3 is 10.5 Å². The van der Waals surface area contributed by atoms with Gasteiger partial charge in [-0.2, -0.15) is 5.26 Å². The number of nitrogens with zero attached hydrogens (tertiary/aromatic N) is 3. The molecule has 2 aromatic rings. The first-order valence-electron chi connectivity index (χ1n) is 8.44. The average molecular weight is 400 g/mol. The SMILES string of the molecule is C[C@@]1(c2cc(CC(=O)c3ccc(C#N)cn3)ccc2F)C=C(C(F)F)OC(N)=N1. The van der Waals surface area contributed by atoms with E-state index in [1.807, 2.05) is 6.07 Å². The van der Waals surface area contributed by atoms with Gasteiger partial charge in [-0.3, -0.25) is 9.78 Å². The second-order valence-corrected chi connectivity index (χ2v) is 6.51. The fourth-order valence-electron chi connectivity index (χ4n) is 2.93. The molecule has 0 saturated carbocycles. The van der Waals surface area contributed by atoms with Crippen molar-refractivity contribution in [2.45, 2.75) is 25.3 Å². The number of amidine groups is 1. The largest absolute Gasteiger partial charge is 0.425 e. The lowest BCUT2D eigenvalue weighted by Crippen LogP contribution is -2.32. The van der Waals surface area contributed by atoms with Crippen molar-refractivity contribution in [2.24, 2.45) is 10.7 Å². The Morgan fingerprint density at radius 2 is 2.10 bits per heavy atom. The topological polar surface area (TPSA) is 101 Å². The predicted molar refractivity (Wildman–Crippen MR) is 97.5 cm³/mol. The third-order valence-electron chi connectivity index (χ3n) is 4.32. The van der Waals surface area contributed by atoms with E-state index < -0.39 is 29.6 Å². The molecule has 1 aliphatic heterocycles. The minimum absolute atomic E-state index is 0.0278. The molecule has 0 saturated heterocycles. The van der Waals surface area contributed by atoms with E-state index >= 15 is 0 Å². The van der Waals surface area contributed by atoms with Gasteiger partial charge in [0.2, 0.25) is 0 Å².